The van der Waals surface area contributed by atoms with Gasteiger partial charge < -0.3 is 14.5 Å². The van der Waals surface area contributed by atoms with E-state index in [0.717, 1.165) is 50.1 Å². The minimum Gasteiger partial charge on any atom is -0.457 e. The summed E-state index contributed by atoms with van der Waals surface area (Å²) in [5, 5.41) is 0. The fourth-order valence-electron chi connectivity index (χ4n) is 3.78. The highest BCUT2D eigenvalue weighted by atomic mass is 16.5. The lowest BCUT2D eigenvalue weighted by molar-refractivity contribution is -0.117. The minimum atomic E-state index is -0.415. The van der Waals surface area contributed by atoms with E-state index in [0.29, 0.717) is 17.5 Å². The summed E-state index contributed by atoms with van der Waals surface area (Å²) in [6.45, 7) is 2.51. The van der Waals surface area contributed by atoms with Gasteiger partial charge in [0.1, 0.15) is 6.61 Å². The van der Waals surface area contributed by atoms with Crippen molar-refractivity contribution in [3.63, 3.8) is 0 Å². The number of hydrogen-bond acceptors (Lipinski definition) is 4. The summed E-state index contributed by atoms with van der Waals surface area (Å²) in [5.74, 6) is -0.240. The van der Waals surface area contributed by atoms with Gasteiger partial charge in [0.05, 0.1) is 5.56 Å². The summed E-state index contributed by atoms with van der Waals surface area (Å²) in [6.07, 6.45) is 3.57. The van der Waals surface area contributed by atoms with Crippen LogP contribution in [-0.2, 0) is 16.1 Å². The number of esters is 1. The third kappa shape index (κ3) is 4.31. The Bertz CT molecular complexity index is 899. The van der Waals surface area contributed by atoms with Crippen LogP contribution in [0.15, 0.2) is 48.5 Å². The van der Waals surface area contributed by atoms with Gasteiger partial charge in [-0.2, -0.15) is 0 Å². The highest BCUT2D eigenvalue weighted by molar-refractivity contribution is 5.96. The molecule has 2 aliphatic rings. The first-order valence-corrected chi connectivity index (χ1v) is 10.1. The Morgan fingerprint density at radius 1 is 0.828 bits per heavy atom. The van der Waals surface area contributed by atoms with E-state index in [4.69, 9.17) is 4.74 Å². The molecule has 2 amide bonds. The molecule has 4 rings (SSSR count). The fraction of sp³-hybridized carbons (Fsp3) is 0.348. The normalized spacial score (nSPS) is 16.3. The quantitative estimate of drug-likeness (QED) is 0.732. The zero-order valence-electron chi connectivity index (χ0n) is 16.3. The molecule has 0 aliphatic carbocycles. The van der Waals surface area contributed by atoms with Crippen molar-refractivity contribution in [1.82, 2.24) is 4.90 Å². The number of amides is 2. The Kier molecular flexibility index (Phi) is 5.60. The van der Waals surface area contributed by atoms with Gasteiger partial charge in [-0.1, -0.05) is 12.1 Å². The van der Waals surface area contributed by atoms with Crippen LogP contribution in [0.1, 0.15) is 52.0 Å². The predicted octanol–water partition coefficient (Wildman–Crippen LogP) is 3.41. The zero-order valence-corrected chi connectivity index (χ0v) is 16.3. The average molecular weight is 392 g/mol. The molecule has 150 valence electrons. The lowest BCUT2D eigenvalue weighted by Gasteiger charge is -2.16. The van der Waals surface area contributed by atoms with E-state index in [-0.39, 0.29) is 18.4 Å². The summed E-state index contributed by atoms with van der Waals surface area (Å²) in [7, 11) is 0. The van der Waals surface area contributed by atoms with Crippen LogP contribution < -0.4 is 4.90 Å². The Morgan fingerprint density at radius 3 is 2.10 bits per heavy atom. The maximum absolute atomic E-state index is 12.4. The van der Waals surface area contributed by atoms with E-state index in [2.05, 4.69) is 0 Å². The fourth-order valence-corrected chi connectivity index (χ4v) is 3.78. The van der Waals surface area contributed by atoms with Crippen LogP contribution in [0.3, 0.4) is 0 Å². The van der Waals surface area contributed by atoms with Crippen molar-refractivity contribution in [3.8, 4) is 0 Å². The van der Waals surface area contributed by atoms with Gasteiger partial charge in [-0.15, -0.1) is 0 Å². The average Bonchev–Trinajstić information content (AvgIpc) is 3.44. The monoisotopic (exact) mass is 392 g/mol. The molecule has 0 N–H and O–H groups in total. The number of likely N-dealkylation sites (tertiary alicyclic amines) is 1. The maximum atomic E-state index is 12.4. The zero-order chi connectivity index (χ0) is 20.2. The van der Waals surface area contributed by atoms with Gasteiger partial charge in [0.25, 0.3) is 5.91 Å². The van der Waals surface area contributed by atoms with Crippen LogP contribution in [0, 0.1) is 0 Å². The number of nitrogens with zero attached hydrogens (tertiary/aromatic N) is 2. The van der Waals surface area contributed by atoms with Gasteiger partial charge in [-0.25, -0.2) is 4.79 Å². The smallest absolute Gasteiger partial charge is 0.338 e. The number of rotatable bonds is 5. The number of benzene rings is 2. The van der Waals surface area contributed by atoms with E-state index in [1.54, 1.807) is 41.3 Å². The van der Waals surface area contributed by atoms with Crippen LogP contribution in [0.5, 0.6) is 0 Å². The van der Waals surface area contributed by atoms with E-state index in [9.17, 15) is 14.4 Å². The summed E-state index contributed by atoms with van der Waals surface area (Å²) in [4.78, 5) is 40.1. The summed E-state index contributed by atoms with van der Waals surface area (Å²) >= 11 is 0. The van der Waals surface area contributed by atoms with E-state index in [1.807, 2.05) is 17.0 Å². The molecule has 2 aromatic rings. The molecule has 6 heteroatoms. The lowest BCUT2D eigenvalue weighted by Crippen LogP contribution is -2.27. The first-order valence-electron chi connectivity index (χ1n) is 10.1. The predicted molar refractivity (Wildman–Crippen MR) is 109 cm³/mol. The van der Waals surface area contributed by atoms with Crippen molar-refractivity contribution in [2.45, 2.75) is 32.3 Å². The lowest BCUT2D eigenvalue weighted by atomic mass is 10.1. The van der Waals surface area contributed by atoms with Crippen molar-refractivity contribution < 1.29 is 19.1 Å². The molecule has 0 radical (unpaired) electrons. The molecule has 0 atom stereocenters. The van der Waals surface area contributed by atoms with E-state index >= 15 is 0 Å². The van der Waals surface area contributed by atoms with Crippen LogP contribution in [0.2, 0.25) is 0 Å². The van der Waals surface area contributed by atoms with Crippen LogP contribution in [-0.4, -0.2) is 42.3 Å². The molecule has 0 unspecified atom stereocenters. The Labute approximate surface area is 170 Å². The van der Waals surface area contributed by atoms with Crippen molar-refractivity contribution in [2.24, 2.45) is 0 Å². The van der Waals surface area contributed by atoms with Gasteiger partial charge in [-0.05, 0) is 61.2 Å². The van der Waals surface area contributed by atoms with Crippen molar-refractivity contribution in [1.29, 1.82) is 0 Å². The van der Waals surface area contributed by atoms with Gasteiger partial charge in [0.2, 0.25) is 5.91 Å². The molecule has 6 nitrogen and oxygen atoms in total. The molecule has 2 heterocycles. The summed E-state index contributed by atoms with van der Waals surface area (Å²) in [6, 6.07) is 14.1. The Hall–Kier alpha value is -3.15. The topological polar surface area (TPSA) is 66.9 Å². The molecular weight excluding hydrogens is 368 g/mol. The Balaban J connectivity index is 1.32. The first kappa shape index (κ1) is 19.2. The second-order valence-electron chi connectivity index (χ2n) is 7.47. The maximum Gasteiger partial charge on any atom is 0.338 e. The molecule has 0 saturated carbocycles. The Morgan fingerprint density at radius 2 is 1.48 bits per heavy atom. The first-order chi connectivity index (χ1) is 14.1. The number of ether oxygens (including phenoxy) is 1. The van der Waals surface area contributed by atoms with Crippen molar-refractivity contribution in [2.75, 3.05) is 24.5 Å². The van der Waals surface area contributed by atoms with Crippen molar-refractivity contribution >= 4 is 23.5 Å². The third-order valence-electron chi connectivity index (χ3n) is 5.45. The SMILES string of the molecule is O=C(OCc1ccc(C(=O)N2CCCC2)cc1)c1ccc(N2CCCC2=O)cc1. The highest BCUT2D eigenvalue weighted by Crippen LogP contribution is 2.22. The van der Waals surface area contributed by atoms with Crippen LogP contribution >= 0.6 is 0 Å². The second-order valence-corrected chi connectivity index (χ2v) is 7.47. The van der Waals surface area contributed by atoms with E-state index in [1.165, 1.54) is 0 Å². The molecule has 0 aromatic heterocycles. The van der Waals surface area contributed by atoms with Crippen molar-refractivity contribution in [3.05, 3.63) is 65.2 Å². The third-order valence-corrected chi connectivity index (χ3v) is 5.45. The number of hydrogen-bond donors (Lipinski definition) is 0. The molecule has 29 heavy (non-hydrogen) atoms. The molecule has 0 bridgehead atoms. The molecule has 2 saturated heterocycles. The summed E-state index contributed by atoms with van der Waals surface area (Å²) < 4.78 is 5.39. The van der Waals surface area contributed by atoms with Gasteiger partial charge in [-0.3, -0.25) is 9.59 Å². The molecule has 2 fully saturated rings. The highest BCUT2D eigenvalue weighted by Gasteiger charge is 2.22. The van der Waals surface area contributed by atoms with Crippen LogP contribution in [0.4, 0.5) is 5.69 Å². The minimum absolute atomic E-state index is 0.0580. The molecular formula is C23H24N2O4. The van der Waals surface area contributed by atoms with E-state index < -0.39 is 5.97 Å². The largest absolute Gasteiger partial charge is 0.457 e. The van der Waals surface area contributed by atoms with Gasteiger partial charge in [0.15, 0.2) is 0 Å². The number of anilines is 1. The summed E-state index contributed by atoms with van der Waals surface area (Å²) in [5.41, 5.74) is 2.74. The second kappa shape index (κ2) is 8.47. The molecule has 0 spiro atoms. The standard InChI is InChI=1S/C23H24N2O4/c26-21-4-3-15-25(21)20-11-9-19(10-12-20)23(28)29-16-17-5-7-18(8-6-17)22(27)24-13-1-2-14-24/h5-12H,1-4,13-16H2. The molecule has 2 aliphatic heterocycles. The van der Waals surface area contributed by atoms with Gasteiger partial charge in [0, 0.05) is 37.3 Å². The van der Waals surface area contributed by atoms with Crippen LogP contribution in [0.25, 0.3) is 0 Å². The van der Waals surface area contributed by atoms with Gasteiger partial charge >= 0.3 is 5.97 Å². The number of carbonyl (C=O) groups excluding carboxylic acids is 3. The molecule has 2 aromatic carbocycles. The number of carbonyl (C=O) groups is 3.